The van der Waals surface area contributed by atoms with Crippen LogP contribution in [-0.2, 0) is 10.0 Å². The lowest BCUT2D eigenvalue weighted by molar-refractivity contribution is -0.384. The Morgan fingerprint density at radius 2 is 1.67 bits per heavy atom. The number of nitro benzene ring substituents is 1. The maximum atomic E-state index is 12.9. The minimum absolute atomic E-state index is 0.0476. The number of benzene rings is 3. The highest BCUT2D eigenvalue weighted by molar-refractivity contribution is 7.92. The molecular weight excluding hydrogens is 520 g/mol. The molecule has 0 radical (unpaired) electrons. The summed E-state index contributed by atoms with van der Waals surface area (Å²) in [6.07, 6.45) is 8.71. The summed E-state index contributed by atoms with van der Waals surface area (Å²) < 4.78 is 39.1. The molecule has 39 heavy (non-hydrogen) atoms. The van der Waals surface area contributed by atoms with Crippen molar-refractivity contribution in [2.45, 2.75) is 50.3 Å². The molecule has 0 aliphatic rings. The number of nitrogens with one attached hydrogen (secondary N) is 2. The average molecular weight is 555 g/mol. The number of hydrazone groups is 1. The predicted molar refractivity (Wildman–Crippen MR) is 153 cm³/mol. The zero-order chi connectivity index (χ0) is 28.1. The van der Waals surface area contributed by atoms with Crippen LogP contribution in [0.4, 0.5) is 17.1 Å². The first-order chi connectivity index (χ1) is 18.8. The van der Waals surface area contributed by atoms with E-state index in [0.29, 0.717) is 12.4 Å². The molecule has 11 heteroatoms. The molecule has 0 aliphatic carbocycles. The highest BCUT2D eigenvalue weighted by atomic mass is 32.2. The molecule has 0 aliphatic heterocycles. The second kappa shape index (κ2) is 14.7. The lowest BCUT2D eigenvalue weighted by Gasteiger charge is -2.12. The molecule has 3 aromatic rings. The fourth-order valence-corrected chi connectivity index (χ4v) is 4.85. The van der Waals surface area contributed by atoms with Crippen molar-refractivity contribution in [2.75, 3.05) is 23.9 Å². The molecule has 0 amide bonds. The van der Waals surface area contributed by atoms with Crippen molar-refractivity contribution in [3.05, 3.63) is 82.4 Å². The van der Waals surface area contributed by atoms with Gasteiger partial charge in [0.2, 0.25) is 0 Å². The summed E-state index contributed by atoms with van der Waals surface area (Å²) >= 11 is 0. The van der Waals surface area contributed by atoms with Crippen molar-refractivity contribution in [1.82, 2.24) is 0 Å². The van der Waals surface area contributed by atoms with Crippen LogP contribution in [0.1, 0.15) is 51.0 Å². The minimum Gasteiger partial charge on any atom is -0.495 e. The van der Waals surface area contributed by atoms with E-state index in [1.807, 2.05) is 24.3 Å². The van der Waals surface area contributed by atoms with E-state index in [4.69, 9.17) is 9.47 Å². The van der Waals surface area contributed by atoms with Crippen molar-refractivity contribution >= 4 is 33.3 Å². The molecule has 0 fully saturated rings. The fraction of sp³-hybridized carbons (Fsp3) is 0.321. The van der Waals surface area contributed by atoms with E-state index < -0.39 is 20.6 Å². The van der Waals surface area contributed by atoms with Crippen LogP contribution in [0.25, 0.3) is 0 Å². The number of methoxy groups -OCH3 is 1. The number of para-hydroxylation sites is 2. The SMILES string of the molecule is CCCCCCCCOc1ccc(C=NNc2ccc(S(=O)(=O)Nc3ccccc3OC)cc2[N+](=O)[O-])cc1. The molecule has 0 saturated carbocycles. The van der Waals surface area contributed by atoms with Crippen molar-refractivity contribution in [2.24, 2.45) is 5.10 Å². The number of ether oxygens (including phenoxy) is 2. The van der Waals surface area contributed by atoms with Crippen LogP contribution in [0.15, 0.2) is 76.7 Å². The smallest absolute Gasteiger partial charge is 0.295 e. The molecule has 0 aromatic heterocycles. The zero-order valence-corrected chi connectivity index (χ0v) is 22.9. The minimum atomic E-state index is -4.11. The molecule has 3 rings (SSSR count). The maximum Gasteiger partial charge on any atom is 0.295 e. The normalized spacial score (nSPS) is 11.3. The van der Waals surface area contributed by atoms with Gasteiger partial charge in [-0.05, 0) is 60.5 Å². The predicted octanol–water partition coefficient (Wildman–Crippen LogP) is 6.59. The molecule has 0 saturated heterocycles. The Morgan fingerprint density at radius 3 is 2.38 bits per heavy atom. The first-order valence-electron chi connectivity index (χ1n) is 12.8. The van der Waals surface area contributed by atoms with E-state index in [2.05, 4.69) is 22.2 Å². The molecular formula is C28H34N4O6S. The van der Waals surface area contributed by atoms with E-state index in [1.165, 1.54) is 57.2 Å². The van der Waals surface area contributed by atoms with Gasteiger partial charge in [0.1, 0.15) is 17.2 Å². The second-order valence-electron chi connectivity index (χ2n) is 8.80. The van der Waals surface area contributed by atoms with E-state index in [-0.39, 0.29) is 16.3 Å². The number of sulfonamides is 1. The van der Waals surface area contributed by atoms with E-state index in [1.54, 1.807) is 18.2 Å². The van der Waals surface area contributed by atoms with Gasteiger partial charge < -0.3 is 9.47 Å². The first kappa shape index (κ1) is 29.4. The van der Waals surface area contributed by atoms with Crippen LogP contribution in [0.2, 0.25) is 0 Å². The monoisotopic (exact) mass is 554 g/mol. The summed E-state index contributed by atoms with van der Waals surface area (Å²) in [7, 11) is -2.70. The third-order valence-electron chi connectivity index (χ3n) is 5.87. The Balaban J connectivity index is 1.60. The van der Waals surface area contributed by atoms with E-state index >= 15 is 0 Å². The van der Waals surface area contributed by atoms with Crippen LogP contribution >= 0.6 is 0 Å². The largest absolute Gasteiger partial charge is 0.495 e. The maximum absolute atomic E-state index is 12.9. The number of hydrogen-bond acceptors (Lipinski definition) is 8. The van der Waals surface area contributed by atoms with Crippen molar-refractivity contribution < 1.29 is 22.8 Å². The summed E-state index contributed by atoms with van der Waals surface area (Å²) in [6.45, 7) is 2.87. The molecule has 0 heterocycles. The second-order valence-corrected chi connectivity index (χ2v) is 10.5. The standard InChI is InChI=1S/C28H34N4O6S/c1-3-4-5-6-7-10-19-38-23-15-13-22(14-16-23)21-29-30-25-18-17-24(20-27(25)32(33)34)39(35,36)31-26-11-8-9-12-28(26)37-2/h8-9,11-18,20-21,30-31H,3-7,10,19H2,1-2H3. The molecule has 3 aromatic carbocycles. The number of anilines is 2. The highest BCUT2D eigenvalue weighted by Gasteiger charge is 2.22. The third-order valence-corrected chi connectivity index (χ3v) is 7.24. The van der Waals surface area contributed by atoms with Crippen molar-refractivity contribution in [3.8, 4) is 11.5 Å². The van der Waals surface area contributed by atoms with E-state index in [9.17, 15) is 18.5 Å². The Kier molecular flexibility index (Phi) is 11.1. The van der Waals surface area contributed by atoms with Gasteiger partial charge in [-0.25, -0.2) is 8.42 Å². The van der Waals surface area contributed by atoms with Crippen molar-refractivity contribution in [1.29, 1.82) is 0 Å². The topological polar surface area (TPSA) is 132 Å². The summed E-state index contributed by atoms with van der Waals surface area (Å²) in [5, 5.41) is 15.7. The number of hydrogen-bond donors (Lipinski definition) is 2. The van der Waals surface area contributed by atoms with Crippen LogP contribution in [0, 0.1) is 10.1 Å². The highest BCUT2D eigenvalue weighted by Crippen LogP contribution is 2.30. The summed E-state index contributed by atoms with van der Waals surface area (Å²) in [6, 6.07) is 17.4. The van der Waals surface area contributed by atoms with Gasteiger partial charge >= 0.3 is 0 Å². The van der Waals surface area contributed by atoms with Crippen LogP contribution in [0.3, 0.4) is 0 Å². The third kappa shape index (κ3) is 8.99. The molecule has 0 atom stereocenters. The van der Waals surface area contributed by atoms with Crippen LogP contribution < -0.4 is 19.6 Å². The number of rotatable bonds is 16. The number of unbranched alkanes of at least 4 members (excludes halogenated alkanes) is 5. The van der Waals surface area contributed by atoms with Gasteiger partial charge in [-0.15, -0.1) is 0 Å². The van der Waals surface area contributed by atoms with Gasteiger partial charge in [0.25, 0.3) is 15.7 Å². The van der Waals surface area contributed by atoms with Crippen LogP contribution in [0.5, 0.6) is 11.5 Å². The first-order valence-corrected chi connectivity index (χ1v) is 14.3. The average Bonchev–Trinajstić information content (AvgIpc) is 2.93. The van der Waals surface area contributed by atoms with Crippen LogP contribution in [-0.4, -0.2) is 33.3 Å². The van der Waals surface area contributed by atoms with Crippen molar-refractivity contribution in [3.63, 3.8) is 0 Å². The quantitative estimate of drug-likeness (QED) is 0.0883. The Morgan fingerprint density at radius 1 is 0.949 bits per heavy atom. The molecule has 0 unspecified atom stereocenters. The fourth-order valence-electron chi connectivity index (χ4n) is 3.76. The molecule has 208 valence electrons. The lowest BCUT2D eigenvalue weighted by Crippen LogP contribution is -2.14. The van der Waals surface area contributed by atoms with Gasteiger partial charge in [0.15, 0.2) is 0 Å². The van der Waals surface area contributed by atoms with Gasteiger partial charge in [-0.2, -0.15) is 5.10 Å². The van der Waals surface area contributed by atoms with Gasteiger partial charge in [0, 0.05) is 6.07 Å². The summed E-state index contributed by atoms with van der Waals surface area (Å²) in [5.41, 5.74) is 3.22. The Labute approximate surface area is 229 Å². The molecule has 0 spiro atoms. The summed E-state index contributed by atoms with van der Waals surface area (Å²) in [5.74, 6) is 1.09. The summed E-state index contributed by atoms with van der Waals surface area (Å²) in [4.78, 5) is 10.7. The van der Waals surface area contributed by atoms with E-state index in [0.717, 1.165) is 30.2 Å². The number of nitro groups is 1. The Hall–Kier alpha value is -4.12. The molecule has 2 N–H and O–H groups in total. The molecule has 10 nitrogen and oxygen atoms in total. The number of nitrogens with zero attached hydrogens (tertiary/aromatic N) is 2. The van der Waals surface area contributed by atoms with Gasteiger partial charge in [0.05, 0.1) is 35.4 Å². The van der Waals surface area contributed by atoms with Gasteiger partial charge in [-0.3, -0.25) is 20.3 Å². The lowest BCUT2D eigenvalue weighted by atomic mass is 10.1. The zero-order valence-electron chi connectivity index (χ0n) is 22.1. The van der Waals surface area contributed by atoms with Gasteiger partial charge in [-0.1, -0.05) is 51.2 Å². The molecule has 0 bridgehead atoms. The Bertz CT molecular complexity index is 1360.